The molecule has 5 heteroatoms. The van der Waals surface area contributed by atoms with Gasteiger partial charge in [-0.3, -0.25) is 9.48 Å². The third-order valence-corrected chi connectivity index (χ3v) is 4.91. The molecule has 1 aliphatic rings. The van der Waals surface area contributed by atoms with Crippen LogP contribution in [0.1, 0.15) is 34.9 Å². The normalized spacial score (nSPS) is 20.3. The van der Waals surface area contributed by atoms with E-state index >= 15 is 0 Å². The topological polar surface area (TPSA) is 47.4 Å². The molecule has 0 unspecified atom stereocenters. The van der Waals surface area contributed by atoms with Crippen LogP contribution in [0.2, 0.25) is 0 Å². The predicted molar refractivity (Wildman–Crippen MR) is 92.4 cm³/mol. The quantitative estimate of drug-likeness (QED) is 0.867. The fourth-order valence-electron chi connectivity index (χ4n) is 3.27. The minimum absolute atomic E-state index is 0.136. The first-order valence-corrected chi connectivity index (χ1v) is 8.38. The lowest BCUT2D eigenvalue weighted by molar-refractivity contribution is -0.136. The largest absolute Gasteiger partial charge is 0.373 e. The van der Waals surface area contributed by atoms with E-state index in [0.29, 0.717) is 13.2 Å². The molecule has 1 aliphatic heterocycles. The standard InChI is InChI=1S/C19H25N3O2/c1-13-5-7-15(8-6-13)12-21(3)19(23)16-9-10-24-18(16)17-11-20-22(4)14(17)2/h5-8,11,16,18H,9-10,12H2,1-4H3/t16-,18-/m0/s1. The molecule has 24 heavy (non-hydrogen) atoms. The maximum atomic E-state index is 12.9. The highest BCUT2D eigenvalue weighted by Gasteiger charge is 2.38. The summed E-state index contributed by atoms with van der Waals surface area (Å²) in [6.07, 6.45) is 2.40. The van der Waals surface area contributed by atoms with Crippen molar-refractivity contribution in [2.24, 2.45) is 13.0 Å². The van der Waals surface area contributed by atoms with Crippen LogP contribution in [-0.2, 0) is 23.1 Å². The van der Waals surface area contributed by atoms with E-state index in [-0.39, 0.29) is 17.9 Å². The molecule has 128 valence electrons. The number of ether oxygens (including phenoxy) is 1. The lowest BCUT2D eigenvalue weighted by Gasteiger charge is -2.24. The van der Waals surface area contributed by atoms with Gasteiger partial charge >= 0.3 is 0 Å². The number of rotatable bonds is 4. The number of nitrogens with zero attached hydrogens (tertiary/aromatic N) is 3. The van der Waals surface area contributed by atoms with Crippen molar-refractivity contribution in [2.75, 3.05) is 13.7 Å². The lowest BCUT2D eigenvalue weighted by atomic mass is 9.94. The van der Waals surface area contributed by atoms with Gasteiger partial charge < -0.3 is 9.64 Å². The zero-order valence-electron chi connectivity index (χ0n) is 14.8. The van der Waals surface area contributed by atoms with Crippen molar-refractivity contribution in [3.8, 4) is 0 Å². The van der Waals surface area contributed by atoms with Gasteiger partial charge in [-0.05, 0) is 25.8 Å². The fraction of sp³-hybridized carbons (Fsp3) is 0.474. The second-order valence-electron chi connectivity index (χ2n) is 6.68. The first-order chi connectivity index (χ1) is 11.5. The predicted octanol–water partition coefficient (Wildman–Crippen LogP) is 2.77. The van der Waals surface area contributed by atoms with Crippen LogP contribution in [0.15, 0.2) is 30.5 Å². The Bertz CT molecular complexity index is 721. The van der Waals surface area contributed by atoms with Crippen LogP contribution in [0.25, 0.3) is 0 Å². The number of aromatic nitrogens is 2. The van der Waals surface area contributed by atoms with Crippen LogP contribution >= 0.6 is 0 Å². The van der Waals surface area contributed by atoms with Gasteiger partial charge in [0, 0.05) is 38.5 Å². The molecule has 1 saturated heterocycles. The number of aryl methyl sites for hydroxylation is 2. The number of hydrogen-bond acceptors (Lipinski definition) is 3. The molecule has 0 radical (unpaired) electrons. The monoisotopic (exact) mass is 327 g/mol. The van der Waals surface area contributed by atoms with E-state index in [1.807, 2.05) is 36.8 Å². The van der Waals surface area contributed by atoms with Crippen molar-refractivity contribution in [2.45, 2.75) is 32.9 Å². The first-order valence-electron chi connectivity index (χ1n) is 8.38. The molecule has 1 aromatic carbocycles. The molecule has 2 aromatic rings. The van der Waals surface area contributed by atoms with Gasteiger partial charge in [0.05, 0.1) is 18.2 Å². The molecule has 3 rings (SSSR count). The summed E-state index contributed by atoms with van der Waals surface area (Å²) in [7, 11) is 3.78. The number of hydrogen-bond donors (Lipinski definition) is 0. The molecule has 1 fully saturated rings. The molecule has 0 saturated carbocycles. The van der Waals surface area contributed by atoms with Crippen molar-refractivity contribution in [3.63, 3.8) is 0 Å². The van der Waals surface area contributed by atoms with E-state index in [9.17, 15) is 4.79 Å². The van der Waals surface area contributed by atoms with Crippen LogP contribution in [0.4, 0.5) is 0 Å². The van der Waals surface area contributed by atoms with E-state index in [1.54, 1.807) is 0 Å². The van der Waals surface area contributed by atoms with Crippen molar-refractivity contribution in [1.82, 2.24) is 14.7 Å². The summed E-state index contributed by atoms with van der Waals surface area (Å²) in [5.41, 5.74) is 4.45. The maximum absolute atomic E-state index is 12.9. The second kappa shape index (κ2) is 6.77. The Morgan fingerprint density at radius 3 is 2.67 bits per heavy atom. The van der Waals surface area contributed by atoms with Gasteiger partial charge in [-0.15, -0.1) is 0 Å². The molecule has 0 spiro atoms. The smallest absolute Gasteiger partial charge is 0.228 e. The Morgan fingerprint density at radius 2 is 2.04 bits per heavy atom. The molecule has 0 N–H and O–H groups in total. The van der Waals surface area contributed by atoms with Gasteiger partial charge in [0.15, 0.2) is 0 Å². The average molecular weight is 327 g/mol. The molecule has 1 amide bonds. The summed E-state index contributed by atoms with van der Waals surface area (Å²) in [6, 6.07) is 8.31. The lowest BCUT2D eigenvalue weighted by Crippen LogP contribution is -2.34. The first kappa shape index (κ1) is 16.7. The summed E-state index contributed by atoms with van der Waals surface area (Å²) >= 11 is 0. The fourth-order valence-corrected chi connectivity index (χ4v) is 3.27. The molecule has 0 aliphatic carbocycles. The summed E-state index contributed by atoms with van der Waals surface area (Å²) in [5.74, 6) is 0.00433. The molecule has 2 heterocycles. The van der Waals surface area contributed by atoms with Crippen molar-refractivity contribution in [3.05, 3.63) is 52.8 Å². The van der Waals surface area contributed by atoms with Gasteiger partial charge in [0.25, 0.3) is 0 Å². The molecule has 5 nitrogen and oxygen atoms in total. The molecule has 0 bridgehead atoms. The molecular weight excluding hydrogens is 302 g/mol. The highest BCUT2D eigenvalue weighted by molar-refractivity contribution is 5.79. The molecule has 1 aromatic heterocycles. The van der Waals surface area contributed by atoms with Gasteiger partial charge in [0.2, 0.25) is 5.91 Å². The zero-order valence-corrected chi connectivity index (χ0v) is 14.8. The van der Waals surface area contributed by atoms with E-state index in [1.165, 1.54) is 5.56 Å². The van der Waals surface area contributed by atoms with Crippen molar-refractivity contribution >= 4 is 5.91 Å². The number of benzene rings is 1. The average Bonchev–Trinajstić information content (AvgIpc) is 3.16. The van der Waals surface area contributed by atoms with Crippen LogP contribution in [0, 0.1) is 19.8 Å². The zero-order chi connectivity index (χ0) is 17.3. The van der Waals surface area contributed by atoms with Gasteiger partial charge in [0.1, 0.15) is 0 Å². The summed E-state index contributed by atoms with van der Waals surface area (Å²) in [5, 5.41) is 4.29. The van der Waals surface area contributed by atoms with Crippen LogP contribution in [-0.4, -0.2) is 34.2 Å². The van der Waals surface area contributed by atoms with E-state index in [0.717, 1.165) is 23.2 Å². The van der Waals surface area contributed by atoms with E-state index in [2.05, 4.69) is 36.3 Å². The number of carbonyl (C=O) groups is 1. The number of amides is 1. The van der Waals surface area contributed by atoms with Crippen LogP contribution in [0.5, 0.6) is 0 Å². The maximum Gasteiger partial charge on any atom is 0.228 e. The minimum atomic E-state index is -0.188. The van der Waals surface area contributed by atoms with E-state index in [4.69, 9.17) is 4.74 Å². The van der Waals surface area contributed by atoms with Crippen LogP contribution in [0.3, 0.4) is 0 Å². The third kappa shape index (κ3) is 3.22. The Kier molecular flexibility index (Phi) is 4.71. The van der Waals surface area contributed by atoms with Gasteiger partial charge in [-0.1, -0.05) is 29.8 Å². The van der Waals surface area contributed by atoms with E-state index < -0.39 is 0 Å². The third-order valence-electron chi connectivity index (χ3n) is 4.91. The number of carbonyl (C=O) groups excluding carboxylic acids is 1. The summed E-state index contributed by atoms with van der Waals surface area (Å²) in [4.78, 5) is 14.7. The highest BCUT2D eigenvalue weighted by Crippen LogP contribution is 2.37. The second-order valence-corrected chi connectivity index (χ2v) is 6.68. The SMILES string of the molecule is Cc1ccc(CN(C)C(=O)[C@H]2CCO[C@@H]2c2cnn(C)c2C)cc1. The Labute approximate surface area is 143 Å². The van der Waals surface area contributed by atoms with Crippen molar-refractivity contribution < 1.29 is 9.53 Å². The molecule has 2 atom stereocenters. The Balaban J connectivity index is 1.73. The van der Waals surface area contributed by atoms with Crippen molar-refractivity contribution in [1.29, 1.82) is 0 Å². The molecular formula is C19H25N3O2. The van der Waals surface area contributed by atoms with Gasteiger partial charge in [-0.2, -0.15) is 5.10 Å². The Morgan fingerprint density at radius 1 is 1.33 bits per heavy atom. The Hall–Kier alpha value is -2.14. The summed E-state index contributed by atoms with van der Waals surface area (Å²) in [6.45, 7) is 5.32. The highest BCUT2D eigenvalue weighted by atomic mass is 16.5. The van der Waals surface area contributed by atoms with Crippen LogP contribution < -0.4 is 0 Å². The minimum Gasteiger partial charge on any atom is -0.373 e. The van der Waals surface area contributed by atoms with Gasteiger partial charge in [-0.25, -0.2) is 0 Å². The summed E-state index contributed by atoms with van der Waals surface area (Å²) < 4.78 is 7.71.